The van der Waals surface area contributed by atoms with Gasteiger partial charge in [-0.05, 0) is 5.56 Å². The van der Waals surface area contributed by atoms with Crippen LogP contribution in [-0.2, 0) is 20.9 Å². The number of ether oxygens (including phenoxy) is 1. The Balaban J connectivity index is 2.20. The quantitative estimate of drug-likeness (QED) is 0.494. The van der Waals surface area contributed by atoms with Crippen molar-refractivity contribution < 1.29 is 14.3 Å². The van der Waals surface area contributed by atoms with E-state index in [2.05, 4.69) is 21.2 Å². The van der Waals surface area contributed by atoms with Crippen LogP contribution in [0.1, 0.15) is 12.0 Å². The molecule has 0 heterocycles. The number of halogens is 1. The van der Waals surface area contributed by atoms with E-state index < -0.39 is 5.97 Å². The van der Waals surface area contributed by atoms with Crippen molar-refractivity contribution in [1.29, 1.82) is 0 Å². The zero-order valence-corrected chi connectivity index (χ0v) is 10.9. The fourth-order valence-corrected chi connectivity index (χ4v) is 1.49. The largest absolute Gasteiger partial charge is 0.460 e. The zero-order chi connectivity index (χ0) is 12.5. The predicted molar refractivity (Wildman–Crippen MR) is 67.7 cm³/mol. The van der Waals surface area contributed by atoms with Crippen LogP contribution in [0.4, 0.5) is 0 Å². The van der Waals surface area contributed by atoms with Crippen molar-refractivity contribution in [2.75, 3.05) is 11.9 Å². The third kappa shape index (κ3) is 6.06. The van der Waals surface area contributed by atoms with Crippen LogP contribution in [0, 0.1) is 0 Å². The van der Waals surface area contributed by atoms with Gasteiger partial charge in [0.15, 0.2) is 0 Å². The molecule has 0 unspecified atom stereocenters. The molecule has 0 radical (unpaired) electrons. The van der Waals surface area contributed by atoms with Gasteiger partial charge in [-0.3, -0.25) is 9.59 Å². The number of carbonyl (C=O) groups is 2. The lowest BCUT2D eigenvalue weighted by molar-refractivity contribution is -0.145. The van der Waals surface area contributed by atoms with Crippen molar-refractivity contribution >= 4 is 27.8 Å². The van der Waals surface area contributed by atoms with E-state index in [0.717, 1.165) is 5.56 Å². The average Bonchev–Trinajstić information content (AvgIpc) is 2.35. The van der Waals surface area contributed by atoms with Crippen LogP contribution in [0.25, 0.3) is 0 Å². The van der Waals surface area contributed by atoms with E-state index in [9.17, 15) is 9.59 Å². The van der Waals surface area contributed by atoms with Crippen molar-refractivity contribution in [3.8, 4) is 0 Å². The van der Waals surface area contributed by atoms with Gasteiger partial charge in [0.2, 0.25) is 5.91 Å². The van der Waals surface area contributed by atoms with E-state index in [1.807, 2.05) is 30.3 Å². The first kappa shape index (κ1) is 13.7. The van der Waals surface area contributed by atoms with Gasteiger partial charge < -0.3 is 10.1 Å². The smallest absolute Gasteiger partial charge is 0.325 e. The number of hydrogen-bond donors (Lipinski definition) is 1. The van der Waals surface area contributed by atoms with Gasteiger partial charge >= 0.3 is 5.97 Å². The molecule has 0 saturated carbocycles. The molecule has 17 heavy (non-hydrogen) atoms. The summed E-state index contributed by atoms with van der Waals surface area (Å²) in [5, 5.41) is 3.06. The molecule has 1 N–H and O–H groups in total. The van der Waals surface area contributed by atoms with Gasteiger partial charge in [0, 0.05) is 11.8 Å². The minimum Gasteiger partial charge on any atom is -0.460 e. The molecule has 5 heteroatoms. The van der Waals surface area contributed by atoms with Crippen LogP contribution in [0.3, 0.4) is 0 Å². The summed E-state index contributed by atoms with van der Waals surface area (Å²) in [4.78, 5) is 22.3. The SMILES string of the molecule is O=[13C](CCBr)N[13CH2][13C](=O)OCc1ccccc1. The Bertz CT molecular complexity index is 367. The first-order chi connectivity index (χ1) is 8.22. The average molecular weight is 303 g/mol. The Hall–Kier alpha value is -1.36. The minimum absolute atomic E-state index is 0.0847. The molecule has 0 spiro atoms. The van der Waals surface area contributed by atoms with Crippen LogP contribution in [0.15, 0.2) is 30.3 Å². The van der Waals surface area contributed by atoms with Crippen LogP contribution >= 0.6 is 15.9 Å². The lowest BCUT2D eigenvalue weighted by Gasteiger charge is -2.05. The molecular weight excluding hydrogens is 289 g/mol. The molecule has 0 aliphatic heterocycles. The first-order valence-corrected chi connectivity index (χ1v) is 6.36. The summed E-state index contributed by atoms with van der Waals surface area (Å²) < 4.78 is 4.99. The summed E-state index contributed by atoms with van der Waals surface area (Å²) in [6, 6.07) is 9.39. The van der Waals surface area contributed by atoms with Gasteiger partial charge in [0.1, 0.15) is 13.2 Å². The normalized spacial score (nSPS) is 9.71. The number of carbonyl (C=O) groups excluding carboxylic acids is 2. The number of rotatable bonds is 6. The molecule has 0 aromatic heterocycles. The highest BCUT2D eigenvalue weighted by atomic mass is 79.9. The van der Waals surface area contributed by atoms with Gasteiger partial charge in [-0.15, -0.1) is 0 Å². The summed E-state index contributed by atoms with van der Waals surface area (Å²) in [5.74, 6) is -0.602. The van der Waals surface area contributed by atoms with Crippen molar-refractivity contribution in [2.24, 2.45) is 0 Å². The maximum Gasteiger partial charge on any atom is 0.325 e. The summed E-state index contributed by atoms with van der Waals surface area (Å²) in [5.41, 5.74) is 0.924. The number of alkyl halides is 1. The van der Waals surface area contributed by atoms with E-state index in [0.29, 0.717) is 11.8 Å². The molecule has 4 nitrogen and oxygen atoms in total. The molecule has 0 aliphatic rings. The monoisotopic (exact) mass is 302 g/mol. The van der Waals surface area contributed by atoms with Gasteiger partial charge in [-0.1, -0.05) is 46.3 Å². The number of hydrogen-bond acceptors (Lipinski definition) is 3. The van der Waals surface area contributed by atoms with E-state index in [1.165, 1.54) is 0 Å². The molecule has 92 valence electrons. The second-order valence-corrected chi connectivity index (χ2v) is 4.15. The summed E-state index contributed by atoms with van der Waals surface area (Å²) in [6.45, 7) is 0.145. The Morgan fingerprint density at radius 2 is 1.94 bits per heavy atom. The Labute approximate surface area is 108 Å². The first-order valence-electron chi connectivity index (χ1n) is 5.24. The van der Waals surface area contributed by atoms with Gasteiger partial charge in [-0.2, -0.15) is 0 Å². The van der Waals surface area contributed by atoms with Gasteiger partial charge in [0.05, 0.1) is 0 Å². The van der Waals surface area contributed by atoms with Crippen LogP contribution in [0.2, 0.25) is 0 Å². The highest BCUT2D eigenvalue weighted by Crippen LogP contribution is 2.00. The second kappa shape index (κ2) is 7.84. The molecule has 0 atom stereocenters. The molecular formula is C12H14BrNO3. The Morgan fingerprint density at radius 1 is 1.24 bits per heavy atom. The molecule has 0 aliphatic carbocycles. The molecule has 1 aromatic carbocycles. The predicted octanol–water partition coefficient (Wildman–Crippen LogP) is 1.63. The molecule has 0 bridgehead atoms. The van der Waals surface area contributed by atoms with Gasteiger partial charge in [0.25, 0.3) is 0 Å². The highest BCUT2D eigenvalue weighted by molar-refractivity contribution is 9.09. The number of benzene rings is 1. The number of esters is 1. The standard InChI is InChI=1S/C12H14BrNO3/c13-7-6-11(15)14-8-12(16)17-9-10-4-2-1-3-5-10/h1-5H,6-9H2,(H,14,15)/i8+1,11+1,12+1. The van der Waals surface area contributed by atoms with Crippen molar-refractivity contribution in [2.45, 2.75) is 13.0 Å². The Morgan fingerprint density at radius 3 is 2.59 bits per heavy atom. The molecule has 1 amide bonds. The fourth-order valence-electron chi connectivity index (χ4n) is 1.13. The summed E-state index contributed by atoms with van der Waals surface area (Å²) >= 11 is 3.14. The molecule has 1 aromatic rings. The second-order valence-electron chi connectivity index (χ2n) is 3.36. The maximum absolute atomic E-state index is 11.3. The molecule has 0 saturated heterocycles. The van der Waals surface area contributed by atoms with E-state index in [4.69, 9.17) is 4.74 Å². The molecule has 1 rings (SSSR count). The van der Waals surface area contributed by atoms with E-state index in [1.54, 1.807) is 0 Å². The highest BCUT2D eigenvalue weighted by Gasteiger charge is 2.05. The van der Waals surface area contributed by atoms with Gasteiger partial charge in [-0.25, -0.2) is 0 Å². The lowest BCUT2D eigenvalue weighted by Crippen LogP contribution is -2.30. The maximum atomic E-state index is 11.3. The van der Waals surface area contributed by atoms with E-state index >= 15 is 0 Å². The number of amides is 1. The summed E-state index contributed by atoms with van der Waals surface area (Å²) in [6.07, 6.45) is 0.353. The minimum atomic E-state index is -0.434. The van der Waals surface area contributed by atoms with Crippen molar-refractivity contribution in [1.82, 2.24) is 5.32 Å². The van der Waals surface area contributed by atoms with Crippen LogP contribution in [-0.4, -0.2) is 23.8 Å². The van der Waals surface area contributed by atoms with Crippen molar-refractivity contribution in [3.05, 3.63) is 35.9 Å². The topological polar surface area (TPSA) is 55.4 Å². The zero-order valence-electron chi connectivity index (χ0n) is 9.32. The lowest BCUT2D eigenvalue weighted by atomic mass is 10.2. The third-order valence-electron chi connectivity index (χ3n) is 1.99. The number of nitrogens with one attached hydrogen (secondary N) is 1. The van der Waals surface area contributed by atoms with Crippen LogP contribution in [0.5, 0.6) is 0 Å². The van der Waals surface area contributed by atoms with Crippen LogP contribution < -0.4 is 5.32 Å². The fraction of sp³-hybridized carbons (Fsp3) is 0.333. The Kier molecular flexibility index (Phi) is 6.32. The van der Waals surface area contributed by atoms with Crippen molar-refractivity contribution in [3.63, 3.8) is 0 Å². The summed E-state index contributed by atoms with van der Waals surface area (Å²) in [7, 11) is 0. The third-order valence-corrected chi connectivity index (χ3v) is 2.39. The van der Waals surface area contributed by atoms with E-state index in [-0.39, 0.29) is 19.1 Å². The molecule has 0 fully saturated rings.